The van der Waals surface area contributed by atoms with Crippen molar-refractivity contribution < 1.29 is 26.4 Å². The van der Waals surface area contributed by atoms with Crippen LogP contribution in [-0.4, -0.2) is 24.5 Å². The lowest BCUT2D eigenvalue weighted by molar-refractivity contribution is -0.137. The van der Waals surface area contributed by atoms with Gasteiger partial charge < -0.3 is 5.32 Å². The van der Waals surface area contributed by atoms with E-state index in [0.717, 1.165) is 23.5 Å². The fourth-order valence-corrected chi connectivity index (χ4v) is 4.34. The second-order valence-electron chi connectivity index (χ2n) is 5.72. The maximum atomic E-state index is 13.1. The zero-order chi connectivity index (χ0) is 21.1. The molecule has 0 saturated carbocycles. The number of rotatable bonds is 6. The van der Waals surface area contributed by atoms with E-state index in [-0.39, 0.29) is 17.2 Å². The van der Waals surface area contributed by atoms with Crippen molar-refractivity contribution in [3.8, 4) is 0 Å². The molecular formula is C17H13F3N4O3S2. The average Bonchev–Trinajstić information content (AvgIpc) is 3.18. The normalized spacial score (nSPS) is 11.8. The van der Waals surface area contributed by atoms with Crippen LogP contribution < -0.4 is 10.0 Å². The summed E-state index contributed by atoms with van der Waals surface area (Å²) < 4.78 is 66.7. The molecule has 29 heavy (non-hydrogen) atoms. The third-order valence-electron chi connectivity index (χ3n) is 3.74. The number of hydrogen-bond donors (Lipinski definition) is 2. The van der Waals surface area contributed by atoms with Gasteiger partial charge in [0.2, 0.25) is 5.13 Å². The van der Waals surface area contributed by atoms with Gasteiger partial charge in [0.05, 0.1) is 10.5 Å². The van der Waals surface area contributed by atoms with E-state index in [9.17, 15) is 26.4 Å². The number of nitrogens with one attached hydrogen (secondary N) is 2. The molecule has 0 bridgehead atoms. The van der Waals surface area contributed by atoms with E-state index >= 15 is 0 Å². The van der Waals surface area contributed by atoms with Gasteiger partial charge in [-0.15, -0.1) is 10.2 Å². The van der Waals surface area contributed by atoms with Gasteiger partial charge in [-0.25, -0.2) is 8.42 Å². The van der Waals surface area contributed by atoms with Gasteiger partial charge in [-0.2, -0.15) is 13.2 Å². The summed E-state index contributed by atoms with van der Waals surface area (Å²) in [6.45, 7) is -0.293. The molecule has 2 aromatic carbocycles. The molecule has 0 unspecified atom stereocenters. The summed E-state index contributed by atoms with van der Waals surface area (Å²) in [5.74, 6) is -0.495. The Labute approximate surface area is 167 Å². The van der Waals surface area contributed by atoms with Crippen molar-refractivity contribution >= 4 is 32.4 Å². The number of sulfonamides is 1. The minimum Gasteiger partial charge on any atom is -0.348 e. The van der Waals surface area contributed by atoms with Crippen LogP contribution in [0.25, 0.3) is 0 Å². The number of alkyl halides is 3. The molecule has 0 saturated heterocycles. The van der Waals surface area contributed by atoms with Crippen LogP contribution in [-0.2, 0) is 22.7 Å². The predicted molar refractivity (Wildman–Crippen MR) is 99.8 cm³/mol. The molecule has 0 fully saturated rings. The fourth-order valence-electron chi connectivity index (χ4n) is 2.38. The van der Waals surface area contributed by atoms with E-state index in [2.05, 4.69) is 20.2 Å². The minimum absolute atomic E-state index is 0.0145. The Kier molecular flexibility index (Phi) is 5.84. The number of aromatic nitrogens is 2. The second kappa shape index (κ2) is 8.17. The highest BCUT2D eigenvalue weighted by atomic mass is 32.2. The molecule has 0 aliphatic carbocycles. The van der Waals surface area contributed by atoms with Crippen molar-refractivity contribution in [2.45, 2.75) is 17.6 Å². The first kappa shape index (κ1) is 20.7. The summed E-state index contributed by atoms with van der Waals surface area (Å²) >= 11 is 0.871. The number of hydrogen-bond acceptors (Lipinski definition) is 6. The van der Waals surface area contributed by atoms with E-state index in [1.165, 1.54) is 5.51 Å². The topological polar surface area (TPSA) is 101 Å². The highest BCUT2D eigenvalue weighted by Crippen LogP contribution is 2.32. The summed E-state index contributed by atoms with van der Waals surface area (Å²) in [5, 5.41) is 9.42. The van der Waals surface area contributed by atoms with Crippen LogP contribution in [0.4, 0.5) is 18.3 Å². The number of anilines is 1. The average molecular weight is 442 g/mol. The molecule has 3 aromatic rings. The molecule has 3 rings (SSSR count). The zero-order valence-electron chi connectivity index (χ0n) is 14.5. The van der Waals surface area contributed by atoms with Gasteiger partial charge in [0.1, 0.15) is 5.51 Å². The molecule has 12 heteroatoms. The lowest BCUT2D eigenvalue weighted by atomic mass is 10.1. The summed E-state index contributed by atoms with van der Waals surface area (Å²) in [4.78, 5) is 11.6. The van der Waals surface area contributed by atoms with Gasteiger partial charge >= 0.3 is 6.18 Å². The number of nitrogens with zero attached hydrogens (tertiary/aromatic N) is 2. The zero-order valence-corrected chi connectivity index (χ0v) is 16.1. The first-order chi connectivity index (χ1) is 13.7. The molecular weight excluding hydrogens is 429 g/mol. The van der Waals surface area contributed by atoms with Crippen LogP contribution in [0, 0.1) is 0 Å². The molecule has 2 N–H and O–H groups in total. The maximum Gasteiger partial charge on any atom is 0.416 e. The summed E-state index contributed by atoms with van der Waals surface area (Å²) in [7, 11) is -4.40. The van der Waals surface area contributed by atoms with Crippen LogP contribution in [0.3, 0.4) is 0 Å². The Morgan fingerprint density at radius 3 is 2.45 bits per heavy atom. The third kappa shape index (κ3) is 5.09. The van der Waals surface area contributed by atoms with Gasteiger partial charge in [0.25, 0.3) is 15.9 Å². The molecule has 0 aliphatic heterocycles. The van der Waals surface area contributed by atoms with E-state index in [1.54, 1.807) is 30.3 Å². The van der Waals surface area contributed by atoms with Gasteiger partial charge in [0, 0.05) is 12.1 Å². The molecule has 0 aliphatic rings. The Bertz CT molecular complexity index is 1100. The van der Waals surface area contributed by atoms with E-state index in [0.29, 0.717) is 11.6 Å². The van der Waals surface area contributed by atoms with Crippen LogP contribution >= 0.6 is 11.3 Å². The molecule has 1 amide bonds. The predicted octanol–water partition coefficient (Wildman–Crippen LogP) is 3.29. The number of amides is 1. The minimum atomic E-state index is -4.74. The molecule has 0 spiro atoms. The number of carbonyl (C=O) groups excluding carboxylic acids is 1. The van der Waals surface area contributed by atoms with Crippen molar-refractivity contribution in [2.75, 3.05) is 4.72 Å². The highest BCUT2D eigenvalue weighted by molar-refractivity contribution is 7.93. The molecule has 0 atom stereocenters. The van der Waals surface area contributed by atoms with E-state index in [4.69, 9.17) is 0 Å². The Morgan fingerprint density at radius 1 is 1.10 bits per heavy atom. The number of carbonyl (C=O) groups is 1. The van der Waals surface area contributed by atoms with Crippen molar-refractivity contribution in [3.05, 3.63) is 70.7 Å². The quantitative estimate of drug-likeness (QED) is 0.610. The van der Waals surface area contributed by atoms with Crippen LogP contribution in [0.5, 0.6) is 0 Å². The molecule has 1 aromatic heterocycles. The largest absolute Gasteiger partial charge is 0.416 e. The van der Waals surface area contributed by atoms with Gasteiger partial charge in [-0.1, -0.05) is 35.6 Å². The Morgan fingerprint density at radius 2 is 1.83 bits per heavy atom. The lowest BCUT2D eigenvalue weighted by Crippen LogP contribution is -2.25. The molecule has 152 valence electrons. The van der Waals surface area contributed by atoms with Crippen molar-refractivity contribution in [3.63, 3.8) is 0 Å². The van der Waals surface area contributed by atoms with Crippen molar-refractivity contribution in [2.24, 2.45) is 0 Å². The molecule has 1 heterocycles. The van der Waals surface area contributed by atoms with Crippen LogP contribution in [0.1, 0.15) is 21.5 Å². The summed E-state index contributed by atoms with van der Waals surface area (Å²) in [6.07, 6.45) is -4.74. The van der Waals surface area contributed by atoms with E-state index < -0.39 is 32.6 Å². The Hall–Kier alpha value is -2.99. The first-order valence-electron chi connectivity index (χ1n) is 7.99. The lowest BCUT2D eigenvalue weighted by Gasteiger charge is -2.15. The smallest absolute Gasteiger partial charge is 0.348 e. The van der Waals surface area contributed by atoms with Crippen molar-refractivity contribution in [1.29, 1.82) is 0 Å². The fraction of sp³-hybridized carbons (Fsp3) is 0.118. The van der Waals surface area contributed by atoms with E-state index in [1.807, 2.05) is 0 Å². The highest BCUT2D eigenvalue weighted by Gasteiger charge is 2.33. The molecule has 0 radical (unpaired) electrons. The number of benzene rings is 2. The Balaban J connectivity index is 1.92. The summed E-state index contributed by atoms with van der Waals surface area (Å²) in [6, 6.07) is 10.4. The van der Waals surface area contributed by atoms with Crippen molar-refractivity contribution in [1.82, 2.24) is 15.5 Å². The SMILES string of the molecule is O=C(NCc1ccc(C(F)(F)F)cc1S(=O)(=O)Nc1nncs1)c1ccccc1. The summed E-state index contributed by atoms with van der Waals surface area (Å²) in [5.41, 5.74) is 0.453. The molecule has 7 nitrogen and oxygen atoms in total. The number of halogens is 3. The first-order valence-corrected chi connectivity index (χ1v) is 10.4. The van der Waals surface area contributed by atoms with Gasteiger partial charge in [-0.3, -0.25) is 9.52 Å². The maximum absolute atomic E-state index is 13.1. The van der Waals surface area contributed by atoms with Crippen LogP contribution in [0.15, 0.2) is 58.9 Å². The monoisotopic (exact) mass is 442 g/mol. The van der Waals surface area contributed by atoms with Gasteiger partial charge in [-0.05, 0) is 29.8 Å². The second-order valence-corrected chi connectivity index (χ2v) is 8.20. The van der Waals surface area contributed by atoms with Gasteiger partial charge in [0.15, 0.2) is 0 Å². The standard InChI is InChI=1S/C17H13F3N4O3S2/c18-17(19,20)13-7-6-12(9-21-15(25)11-4-2-1-3-5-11)14(8-13)29(26,27)24-16-23-22-10-28-16/h1-8,10H,9H2,(H,21,25)(H,23,24). The van der Waals surface area contributed by atoms with Crippen LogP contribution in [0.2, 0.25) is 0 Å². The third-order valence-corrected chi connectivity index (χ3v) is 5.90.